The van der Waals surface area contributed by atoms with Crippen LogP contribution in [0, 0.1) is 0 Å². The summed E-state index contributed by atoms with van der Waals surface area (Å²) in [5, 5.41) is 12.7. The quantitative estimate of drug-likeness (QED) is 0.859. The zero-order valence-corrected chi connectivity index (χ0v) is 12.8. The number of benzene rings is 2. The largest absolute Gasteiger partial charge is 0.445 e. The van der Waals surface area contributed by atoms with Gasteiger partial charge in [0.05, 0.1) is 12.6 Å². The second kappa shape index (κ2) is 8.41. The summed E-state index contributed by atoms with van der Waals surface area (Å²) in [5.74, 6) is 0. The fraction of sp³-hybridized carbons (Fsp3) is 0.235. The summed E-state index contributed by atoms with van der Waals surface area (Å²) in [4.78, 5) is 11.8. The van der Waals surface area contributed by atoms with Crippen LogP contribution in [0.25, 0.3) is 0 Å². The number of alkyl carbamates (subject to hydrolysis) is 1. The van der Waals surface area contributed by atoms with Gasteiger partial charge >= 0.3 is 6.09 Å². The summed E-state index contributed by atoms with van der Waals surface area (Å²) in [6.45, 7) is 0.0365. The van der Waals surface area contributed by atoms with E-state index < -0.39 is 12.1 Å². The van der Waals surface area contributed by atoms with E-state index in [-0.39, 0.29) is 13.2 Å². The summed E-state index contributed by atoms with van der Waals surface area (Å²) in [6, 6.07) is 16.3. The van der Waals surface area contributed by atoms with Crippen molar-refractivity contribution >= 4 is 17.7 Å². The molecule has 4 nitrogen and oxygen atoms in total. The summed E-state index contributed by atoms with van der Waals surface area (Å²) >= 11 is 5.83. The van der Waals surface area contributed by atoms with Gasteiger partial charge in [-0.2, -0.15) is 0 Å². The van der Waals surface area contributed by atoms with Crippen molar-refractivity contribution in [3.05, 3.63) is 70.7 Å². The van der Waals surface area contributed by atoms with Gasteiger partial charge in [0.25, 0.3) is 0 Å². The Labute approximate surface area is 134 Å². The molecular weight excluding hydrogens is 302 g/mol. The van der Waals surface area contributed by atoms with Crippen molar-refractivity contribution in [1.29, 1.82) is 0 Å². The van der Waals surface area contributed by atoms with Crippen LogP contribution in [-0.2, 0) is 17.8 Å². The minimum Gasteiger partial charge on any atom is -0.445 e. The minimum absolute atomic E-state index is 0.164. The van der Waals surface area contributed by atoms with Gasteiger partial charge in [0, 0.05) is 5.02 Å². The van der Waals surface area contributed by atoms with Crippen LogP contribution in [0.4, 0.5) is 4.79 Å². The average Bonchev–Trinajstić information content (AvgIpc) is 2.55. The number of carbonyl (C=O) groups excluding carboxylic acids is 1. The van der Waals surface area contributed by atoms with Crippen molar-refractivity contribution in [2.45, 2.75) is 19.1 Å². The first-order valence-corrected chi connectivity index (χ1v) is 7.37. The highest BCUT2D eigenvalue weighted by atomic mass is 35.5. The van der Waals surface area contributed by atoms with E-state index in [1.807, 2.05) is 42.5 Å². The van der Waals surface area contributed by atoms with Crippen LogP contribution >= 0.6 is 11.6 Å². The third kappa shape index (κ3) is 5.39. The van der Waals surface area contributed by atoms with Crippen LogP contribution in [0.15, 0.2) is 54.6 Å². The Bertz CT molecular complexity index is 587. The van der Waals surface area contributed by atoms with Crippen LogP contribution < -0.4 is 5.32 Å². The Kier molecular flexibility index (Phi) is 6.25. The topological polar surface area (TPSA) is 58.6 Å². The Morgan fingerprint density at radius 1 is 1.09 bits per heavy atom. The molecule has 2 aromatic rings. The Morgan fingerprint density at radius 2 is 1.77 bits per heavy atom. The fourth-order valence-electron chi connectivity index (χ4n) is 2.00. The molecule has 0 aliphatic carbocycles. The monoisotopic (exact) mass is 319 g/mol. The first kappa shape index (κ1) is 16.3. The number of halogens is 1. The van der Waals surface area contributed by atoms with E-state index in [1.165, 1.54) is 0 Å². The van der Waals surface area contributed by atoms with Crippen molar-refractivity contribution in [3.8, 4) is 0 Å². The molecule has 1 atom stereocenters. The number of hydrogen-bond donors (Lipinski definition) is 2. The third-order valence-corrected chi connectivity index (χ3v) is 3.40. The molecule has 22 heavy (non-hydrogen) atoms. The zero-order valence-electron chi connectivity index (χ0n) is 12.0. The van der Waals surface area contributed by atoms with Gasteiger partial charge in [0.15, 0.2) is 0 Å². The van der Waals surface area contributed by atoms with Gasteiger partial charge in [-0.15, -0.1) is 0 Å². The lowest BCUT2D eigenvalue weighted by atomic mass is 10.1. The molecule has 0 fully saturated rings. The smallest absolute Gasteiger partial charge is 0.407 e. The van der Waals surface area contributed by atoms with E-state index in [0.29, 0.717) is 11.4 Å². The molecule has 2 N–H and O–H groups in total. The first-order valence-electron chi connectivity index (χ1n) is 7.00. The van der Waals surface area contributed by atoms with Gasteiger partial charge in [0.2, 0.25) is 0 Å². The third-order valence-electron chi connectivity index (χ3n) is 3.15. The molecule has 2 rings (SSSR count). The lowest BCUT2D eigenvalue weighted by molar-refractivity contribution is 0.129. The van der Waals surface area contributed by atoms with E-state index in [1.54, 1.807) is 12.1 Å². The highest BCUT2D eigenvalue weighted by Crippen LogP contribution is 2.11. The van der Waals surface area contributed by atoms with Crippen LogP contribution in [0.5, 0.6) is 0 Å². The SMILES string of the molecule is O=C(NC(CO)Cc1ccc(Cl)cc1)OCc1ccccc1. The molecule has 2 aromatic carbocycles. The molecule has 0 bridgehead atoms. The highest BCUT2D eigenvalue weighted by Gasteiger charge is 2.13. The number of amides is 1. The van der Waals surface area contributed by atoms with Crippen LogP contribution in [0.3, 0.4) is 0 Å². The molecule has 0 saturated carbocycles. The summed E-state index contributed by atoms with van der Waals surface area (Å²) < 4.78 is 5.13. The zero-order chi connectivity index (χ0) is 15.8. The molecule has 1 amide bonds. The van der Waals surface area contributed by atoms with Gasteiger partial charge in [-0.3, -0.25) is 0 Å². The molecular formula is C17H18ClNO3. The molecule has 0 heterocycles. The fourth-order valence-corrected chi connectivity index (χ4v) is 2.12. The van der Waals surface area contributed by atoms with Gasteiger partial charge in [-0.05, 0) is 29.7 Å². The van der Waals surface area contributed by atoms with Crippen molar-refractivity contribution in [2.24, 2.45) is 0 Å². The highest BCUT2D eigenvalue weighted by molar-refractivity contribution is 6.30. The molecule has 116 valence electrons. The van der Waals surface area contributed by atoms with Crippen LogP contribution in [-0.4, -0.2) is 23.8 Å². The Hall–Kier alpha value is -2.04. The van der Waals surface area contributed by atoms with Crippen molar-refractivity contribution in [3.63, 3.8) is 0 Å². The van der Waals surface area contributed by atoms with E-state index in [9.17, 15) is 9.90 Å². The van der Waals surface area contributed by atoms with E-state index in [2.05, 4.69) is 5.32 Å². The summed E-state index contributed by atoms with van der Waals surface area (Å²) in [6.07, 6.45) is -0.0365. The Balaban J connectivity index is 1.81. The van der Waals surface area contributed by atoms with Crippen molar-refractivity contribution in [1.82, 2.24) is 5.32 Å². The van der Waals surface area contributed by atoms with Crippen molar-refractivity contribution < 1.29 is 14.6 Å². The van der Waals surface area contributed by atoms with Crippen molar-refractivity contribution in [2.75, 3.05) is 6.61 Å². The number of hydrogen-bond acceptors (Lipinski definition) is 3. The average molecular weight is 320 g/mol. The molecule has 5 heteroatoms. The molecule has 0 aromatic heterocycles. The Morgan fingerprint density at radius 3 is 2.41 bits per heavy atom. The maximum absolute atomic E-state index is 11.8. The maximum atomic E-state index is 11.8. The van der Waals surface area contributed by atoms with E-state index >= 15 is 0 Å². The number of aliphatic hydroxyl groups is 1. The molecule has 1 unspecified atom stereocenters. The molecule has 0 saturated heterocycles. The number of ether oxygens (including phenoxy) is 1. The number of nitrogens with one attached hydrogen (secondary N) is 1. The van der Waals surface area contributed by atoms with E-state index in [4.69, 9.17) is 16.3 Å². The maximum Gasteiger partial charge on any atom is 0.407 e. The van der Waals surface area contributed by atoms with E-state index in [0.717, 1.165) is 11.1 Å². The first-order chi connectivity index (χ1) is 10.7. The molecule has 0 radical (unpaired) electrons. The number of carbonyl (C=O) groups is 1. The van der Waals surface area contributed by atoms with Gasteiger partial charge in [-0.1, -0.05) is 54.1 Å². The normalized spacial score (nSPS) is 11.7. The predicted octanol–water partition coefficient (Wildman–Crippen LogP) is 3.17. The minimum atomic E-state index is -0.545. The number of aliphatic hydroxyl groups excluding tert-OH is 1. The van der Waals surface area contributed by atoms with Gasteiger partial charge < -0.3 is 15.2 Å². The van der Waals surface area contributed by atoms with Crippen LogP contribution in [0.2, 0.25) is 5.02 Å². The summed E-state index contributed by atoms with van der Waals surface area (Å²) in [5.41, 5.74) is 1.89. The summed E-state index contributed by atoms with van der Waals surface area (Å²) in [7, 11) is 0. The molecule has 0 aliphatic heterocycles. The molecule has 0 aliphatic rings. The van der Waals surface area contributed by atoms with Gasteiger partial charge in [0.1, 0.15) is 6.61 Å². The predicted molar refractivity (Wildman–Crippen MR) is 85.8 cm³/mol. The van der Waals surface area contributed by atoms with Gasteiger partial charge in [-0.25, -0.2) is 4.79 Å². The van der Waals surface area contributed by atoms with Crippen LogP contribution in [0.1, 0.15) is 11.1 Å². The second-order valence-electron chi connectivity index (χ2n) is 4.92. The lowest BCUT2D eigenvalue weighted by Gasteiger charge is -2.16. The second-order valence-corrected chi connectivity index (χ2v) is 5.35. The lowest BCUT2D eigenvalue weighted by Crippen LogP contribution is -2.39. The standard InChI is InChI=1S/C17H18ClNO3/c18-15-8-6-13(7-9-15)10-16(11-20)19-17(21)22-12-14-4-2-1-3-5-14/h1-9,16,20H,10-12H2,(H,19,21). The molecule has 0 spiro atoms. The number of rotatable bonds is 6.